The van der Waals surface area contributed by atoms with Gasteiger partial charge < -0.3 is 9.88 Å². The van der Waals surface area contributed by atoms with Crippen LogP contribution in [0.3, 0.4) is 0 Å². The lowest BCUT2D eigenvalue weighted by atomic mass is 10.1. The summed E-state index contributed by atoms with van der Waals surface area (Å²) in [6, 6.07) is 4.63. The molecule has 1 saturated heterocycles. The van der Waals surface area contributed by atoms with E-state index in [1.54, 1.807) is 29.4 Å². The summed E-state index contributed by atoms with van der Waals surface area (Å²) in [4.78, 5) is 23.9. The number of halogens is 1. The number of H-pyrrole nitrogens is 1. The molecule has 0 aliphatic carbocycles. The van der Waals surface area contributed by atoms with Crippen LogP contribution < -0.4 is 0 Å². The molecule has 0 unspecified atom stereocenters. The van der Waals surface area contributed by atoms with Crippen LogP contribution in [0.25, 0.3) is 0 Å². The van der Waals surface area contributed by atoms with Crippen LogP contribution in [0.4, 0.5) is 4.39 Å². The average molecular weight is 302 g/mol. The number of carbonyl (C=O) groups excluding carboxylic acids is 1. The maximum absolute atomic E-state index is 13.9. The number of piperazine rings is 1. The van der Waals surface area contributed by atoms with Crippen molar-refractivity contribution in [3.63, 3.8) is 0 Å². The van der Waals surface area contributed by atoms with Gasteiger partial charge in [0.15, 0.2) is 0 Å². The molecule has 1 fully saturated rings. The zero-order valence-electron chi connectivity index (χ0n) is 12.7. The van der Waals surface area contributed by atoms with Gasteiger partial charge in [-0.05, 0) is 26.1 Å². The Kier molecular flexibility index (Phi) is 3.94. The van der Waals surface area contributed by atoms with Gasteiger partial charge in [-0.3, -0.25) is 9.69 Å². The Labute approximate surface area is 128 Å². The number of carbonyl (C=O) groups is 1. The molecule has 5 nitrogen and oxygen atoms in total. The van der Waals surface area contributed by atoms with E-state index in [9.17, 15) is 9.18 Å². The molecule has 0 radical (unpaired) electrons. The summed E-state index contributed by atoms with van der Waals surface area (Å²) in [6.07, 6.45) is 3.47. The highest BCUT2D eigenvalue weighted by molar-refractivity contribution is 5.94. The van der Waals surface area contributed by atoms with Gasteiger partial charge in [-0.2, -0.15) is 0 Å². The van der Waals surface area contributed by atoms with Gasteiger partial charge in [-0.1, -0.05) is 11.6 Å². The first kappa shape index (κ1) is 14.7. The number of aryl methyl sites for hydroxylation is 1. The number of hydrogen-bond donors (Lipinski definition) is 1. The van der Waals surface area contributed by atoms with Crippen LogP contribution in [0.2, 0.25) is 0 Å². The third-order valence-electron chi connectivity index (χ3n) is 4.12. The predicted molar refractivity (Wildman–Crippen MR) is 81.0 cm³/mol. The molecule has 0 saturated carbocycles. The second kappa shape index (κ2) is 5.88. The van der Waals surface area contributed by atoms with E-state index in [-0.39, 0.29) is 17.5 Å². The Balaban J connectivity index is 1.83. The van der Waals surface area contributed by atoms with E-state index in [0.717, 1.165) is 17.9 Å². The van der Waals surface area contributed by atoms with Gasteiger partial charge in [0.05, 0.1) is 11.6 Å². The molecule has 1 aliphatic heterocycles. The predicted octanol–water partition coefficient (Wildman–Crippen LogP) is 1.99. The Morgan fingerprint density at radius 2 is 2.23 bits per heavy atom. The molecule has 1 aromatic heterocycles. The van der Waals surface area contributed by atoms with E-state index in [2.05, 4.69) is 14.9 Å². The standard InChI is InChI=1S/C16H19FN4O/c1-11-3-4-13(17)12(9-11)16(22)21-8-7-20(2)14(10-21)15-18-5-6-19-15/h3-6,9,14H,7-8,10H2,1-2H3,(H,18,19)/t14-/m0/s1. The number of nitrogens with zero attached hydrogens (tertiary/aromatic N) is 3. The van der Waals surface area contributed by atoms with Gasteiger partial charge in [0, 0.05) is 32.0 Å². The lowest BCUT2D eigenvalue weighted by Gasteiger charge is -2.38. The summed E-state index contributed by atoms with van der Waals surface area (Å²) in [5.41, 5.74) is 1.02. The molecular formula is C16H19FN4O. The van der Waals surface area contributed by atoms with Crippen LogP contribution >= 0.6 is 0 Å². The van der Waals surface area contributed by atoms with Crippen LogP contribution in [0.1, 0.15) is 27.8 Å². The van der Waals surface area contributed by atoms with Gasteiger partial charge in [-0.15, -0.1) is 0 Å². The fraction of sp³-hybridized carbons (Fsp3) is 0.375. The van der Waals surface area contributed by atoms with Crippen molar-refractivity contribution >= 4 is 5.91 Å². The molecule has 3 rings (SSSR count). The van der Waals surface area contributed by atoms with Crippen molar-refractivity contribution in [2.45, 2.75) is 13.0 Å². The highest BCUT2D eigenvalue weighted by atomic mass is 19.1. The van der Waals surface area contributed by atoms with E-state index < -0.39 is 5.82 Å². The average Bonchev–Trinajstić information content (AvgIpc) is 3.03. The van der Waals surface area contributed by atoms with Gasteiger partial charge in [0.2, 0.25) is 0 Å². The second-order valence-electron chi connectivity index (χ2n) is 5.71. The van der Waals surface area contributed by atoms with Gasteiger partial charge in [0.1, 0.15) is 11.6 Å². The monoisotopic (exact) mass is 302 g/mol. The first-order valence-corrected chi connectivity index (χ1v) is 7.31. The van der Waals surface area contributed by atoms with Crippen LogP contribution in [-0.2, 0) is 0 Å². The molecule has 0 spiro atoms. The molecule has 6 heteroatoms. The molecule has 116 valence electrons. The van der Waals surface area contributed by atoms with Crippen LogP contribution in [-0.4, -0.2) is 52.4 Å². The minimum absolute atomic E-state index is 0.000528. The number of rotatable bonds is 2. The molecule has 0 bridgehead atoms. The van der Waals surface area contributed by atoms with Crippen molar-refractivity contribution in [2.24, 2.45) is 0 Å². The summed E-state index contributed by atoms with van der Waals surface area (Å²) >= 11 is 0. The summed E-state index contributed by atoms with van der Waals surface area (Å²) in [6.45, 7) is 3.66. The summed E-state index contributed by atoms with van der Waals surface area (Å²) in [7, 11) is 2.00. The molecule has 2 aromatic rings. The van der Waals surface area contributed by atoms with E-state index in [4.69, 9.17) is 0 Å². The molecular weight excluding hydrogens is 283 g/mol. The van der Waals surface area contributed by atoms with E-state index >= 15 is 0 Å². The van der Waals surface area contributed by atoms with Gasteiger partial charge in [0.25, 0.3) is 5.91 Å². The maximum Gasteiger partial charge on any atom is 0.256 e. The van der Waals surface area contributed by atoms with Crippen molar-refractivity contribution in [1.29, 1.82) is 0 Å². The van der Waals surface area contributed by atoms with Crippen molar-refractivity contribution in [1.82, 2.24) is 19.8 Å². The number of amides is 1. The smallest absolute Gasteiger partial charge is 0.256 e. The largest absolute Gasteiger partial charge is 0.347 e. The lowest BCUT2D eigenvalue weighted by molar-refractivity contribution is 0.0530. The Bertz CT molecular complexity index is 671. The fourth-order valence-corrected chi connectivity index (χ4v) is 2.79. The van der Waals surface area contributed by atoms with Crippen LogP contribution in [0.5, 0.6) is 0 Å². The number of nitrogens with one attached hydrogen (secondary N) is 1. The Morgan fingerprint density at radius 3 is 2.95 bits per heavy atom. The fourth-order valence-electron chi connectivity index (χ4n) is 2.79. The summed E-state index contributed by atoms with van der Waals surface area (Å²) < 4.78 is 13.9. The van der Waals surface area contributed by atoms with Gasteiger partial charge in [-0.25, -0.2) is 9.37 Å². The van der Waals surface area contributed by atoms with Crippen molar-refractivity contribution in [2.75, 3.05) is 26.7 Å². The molecule has 1 aromatic carbocycles. The normalized spacial score (nSPS) is 19.4. The summed E-state index contributed by atoms with van der Waals surface area (Å²) in [5, 5.41) is 0. The van der Waals surface area contributed by atoms with E-state index in [0.29, 0.717) is 13.1 Å². The molecule has 1 atom stereocenters. The highest BCUT2D eigenvalue weighted by Crippen LogP contribution is 2.23. The van der Waals surface area contributed by atoms with Gasteiger partial charge >= 0.3 is 0 Å². The third kappa shape index (κ3) is 2.74. The van der Waals surface area contributed by atoms with Crippen molar-refractivity contribution in [3.8, 4) is 0 Å². The van der Waals surface area contributed by atoms with Crippen LogP contribution in [0, 0.1) is 12.7 Å². The minimum Gasteiger partial charge on any atom is -0.347 e. The Hall–Kier alpha value is -2.21. The SMILES string of the molecule is Cc1ccc(F)c(C(=O)N2CCN(C)[C@H](c3ncc[nH]3)C2)c1. The quantitative estimate of drug-likeness (QED) is 0.923. The third-order valence-corrected chi connectivity index (χ3v) is 4.12. The highest BCUT2D eigenvalue weighted by Gasteiger charge is 2.31. The molecule has 1 N–H and O–H groups in total. The lowest BCUT2D eigenvalue weighted by Crippen LogP contribution is -2.49. The first-order valence-electron chi connectivity index (χ1n) is 7.31. The molecule has 2 heterocycles. The summed E-state index contributed by atoms with van der Waals surface area (Å²) in [5.74, 6) is 0.0969. The minimum atomic E-state index is -0.468. The topological polar surface area (TPSA) is 52.2 Å². The Morgan fingerprint density at radius 1 is 1.41 bits per heavy atom. The second-order valence-corrected chi connectivity index (χ2v) is 5.71. The number of aromatic nitrogens is 2. The zero-order chi connectivity index (χ0) is 15.7. The van der Waals surface area contributed by atoms with Crippen LogP contribution in [0.15, 0.2) is 30.6 Å². The maximum atomic E-state index is 13.9. The van der Waals surface area contributed by atoms with E-state index in [1.165, 1.54) is 6.07 Å². The molecule has 22 heavy (non-hydrogen) atoms. The number of hydrogen-bond acceptors (Lipinski definition) is 3. The molecule has 1 aliphatic rings. The number of aromatic amines is 1. The number of imidazole rings is 1. The zero-order valence-corrected chi connectivity index (χ0v) is 12.7. The number of likely N-dealkylation sites (N-methyl/N-ethyl adjacent to an activating group) is 1. The van der Waals surface area contributed by atoms with Crippen molar-refractivity contribution in [3.05, 3.63) is 53.4 Å². The first-order chi connectivity index (χ1) is 10.6. The number of benzene rings is 1. The van der Waals surface area contributed by atoms with E-state index in [1.807, 2.05) is 14.0 Å². The molecule has 1 amide bonds. The van der Waals surface area contributed by atoms with Crippen molar-refractivity contribution < 1.29 is 9.18 Å².